The van der Waals surface area contributed by atoms with E-state index in [0.717, 1.165) is 6.04 Å². The normalized spacial score (nSPS) is 30.9. The molecule has 1 heterocycles. The lowest BCUT2D eigenvalue weighted by Gasteiger charge is -2.35. The molecule has 0 aliphatic carbocycles. The Hall–Kier alpha value is 0.250. The maximum atomic E-state index is 3.56. The molecule has 62 valence electrons. The minimum Gasteiger partial charge on any atom is -0.309 e. The van der Waals surface area contributed by atoms with Gasteiger partial charge >= 0.3 is 0 Å². The fourth-order valence-corrected chi connectivity index (χ4v) is 1.66. The molecule has 0 aromatic rings. The number of nitrogens with one attached hydrogen (secondary N) is 1. The average molecular weight is 164 g/mol. The summed E-state index contributed by atoms with van der Waals surface area (Å²) in [5.74, 6) is 0. The lowest BCUT2D eigenvalue weighted by Crippen LogP contribution is -2.47. The van der Waals surface area contributed by atoms with Crippen molar-refractivity contribution < 1.29 is 0 Å². The van der Waals surface area contributed by atoms with Gasteiger partial charge in [0.1, 0.15) is 0 Å². The van der Waals surface area contributed by atoms with Crippen molar-refractivity contribution in [1.29, 1.82) is 0 Å². The van der Waals surface area contributed by atoms with Crippen LogP contribution in [0, 0.1) is 0 Å². The fraction of sp³-hybridized carbons (Fsp3) is 1.00. The number of hydrogen-bond acceptors (Lipinski definition) is 1. The van der Waals surface area contributed by atoms with Crippen LogP contribution in [0.4, 0.5) is 0 Å². The highest BCUT2D eigenvalue weighted by Gasteiger charge is 2.23. The molecule has 1 aliphatic heterocycles. The predicted octanol–water partition coefficient (Wildman–Crippen LogP) is 2.35. The van der Waals surface area contributed by atoms with Crippen molar-refractivity contribution in [3.05, 3.63) is 0 Å². The van der Waals surface area contributed by atoms with E-state index in [1.807, 2.05) is 0 Å². The van der Waals surface area contributed by atoms with Crippen LogP contribution < -0.4 is 5.32 Å². The van der Waals surface area contributed by atoms with Crippen LogP contribution in [-0.2, 0) is 0 Å². The Labute approximate surface area is 70.0 Å². The monoisotopic (exact) mass is 163 g/mol. The summed E-state index contributed by atoms with van der Waals surface area (Å²) >= 11 is 0. The van der Waals surface area contributed by atoms with Crippen molar-refractivity contribution in [2.24, 2.45) is 0 Å². The van der Waals surface area contributed by atoms with Crippen LogP contribution in [0.1, 0.15) is 40.0 Å². The third kappa shape index (κ3) is 2.89. The van der Waals surface area contributed by atoms with Gasteiger partial charge in [0.15, 0.2) is 0 Å². The zero-order chi connectivity index (χ0) is 6.91. The van der Waals surface area contributed by atoms with E-state index in [1.54, 1.807) is 0 Å². The molecule has 0 saturated carbocycles. The zero-order valence-electron chi connectivity index (χ0n) is 7.11. The molecule has 1 saturated heterocycles. The molecule has 0 bridgehead atoms. The van der Waals surface area contributed by atoms with Gasteiger partial charge in [-0.3, -0.25) is 0 Å². The van der Waals surface area contributed by atoms with Crippen molar-refractivity contribution in [1.82, 2.24) is 5.32 Å². The molecule has 1 unspecified atom stereocenters. The van der Waals surface area contributed by atoms with Crippen molar-refractivity contribution in [3.63, 3.8) is 0 Å². The molecular formula is C8H18ClN. The van der Waals surface area contributed by atoms with Crippen molar-refractivity contribution in [3.8, 4) is 0 Å². The van der Waals surface area contributed by atoms with Crippen LogP contribution in [0.5, 0.6) is 0 Å². The Kier molecular flexibility index (Phi) is 3.68. The third-order valence-corrected chi connectivity index (χ3v) is 2.08. The highest BCUT2D eigenvalue weighted by atomic mass is 35.5. The van der Waals surface area contributed by atoms with Gasteiger partial charge in [-0.1, -0.05) is 6.42 Å². The maximum absolute atomic E-state index is 3.56. The van der Waals surface area contributed by atoms with Gasteiger partial charge in [-0.05, 0) is 33.6 Å². The van der Waals surface area contributed by atoms with Crippen LogP contribution >= 0.6 is 12.4 Å². The Morgan fingerprint density at radius 1 is 1.40 bits per heavy atom. The standard InChI is InChI=1S/C8H17N.ClH/c1-7-5-4-6-8(2,3)9-7;/h7,9H,4-6H2,1-3H3;1H. The molecule has 1 atom stereocenters. The molecule has 1 nitrogen and oxygen atoms in total. The predicted molar refractivity (Wildman–Crippen MR) is 47.8 cm³/mol. The number of halogens is 1. The van der Waals surface area contributed by atoms with Crippen molar-refractivity contribution in [2.75, 3.05) is 0 Å². The van der Waals surface area contributed by atoms with Gasteiger partial charge in [-0.25, -0.2) is 0 Å². The quantitative estimate of drug-likeness (QED) is 0.578. The summed E-state index contributed by atoms with van der Waals surface area (Å²) in [4.78, 5) is 0. The second-order valence-corrected chi connectivity index (χ2v) is 3.82. The molecule has 0 radical (unpaired) electrons. The second kappa shape index (κ2) is 3.59. The molecule has 2 heteroatoms. The lowest BCUT2D eigenvalue weighted by atomic mass is 9.90. The fourth-order valence-electron chi connectivity index (χ4n) is 1.66. The van der Waals surface area contributed by atoms with E-state index in [1.165, 1.54) is 19.3 Å². The van der Waals surface area contributed by atoms with E-state index < -0.39 is 0 Å². The van der Waals surface area contributed by atoms with Crippen LogP contribution in [0.25, 0.3) is 0 Å². The highest BCUT2D eigenvalue weighted by molar-refractivity contribution is 5.85. The zero-order valence-corrected chi connectivity index (χ0v) is 7.92. The summed E-state index contributed by atoms with van der Waals surface area (Å²) in [6.45, 7) is 6.83. The molecule has 1 fully saturated rings. The van der Waals surface area contributed by atoms with Crippen LogP contribution in [0.2, 0.25) is 0 Å². The summed E-state index contributed by atoms with van der Waals surface area (Å²) < 4.78 is 0. The molecule has 0 spiro atoms. The van der Waals surface area contributed by atoms with E-state index in [4.69, 9.17) is 0 Å². The summed E-state index contributed by atoms with van der Waals surface area (Å²) in [5, 5.41) is 3.56. The van der Waals surface area contributed by atoms with E-state index >= 15 is 0 Å². The molecule has 10 heavy (non-hydrogen) atoms. The Bertz CT molecular complexity index is 101. The van der Waals surface area contributed by atoms with Gasteiger partial charge in [0.05, 0.1) is 0 Å². The number of rotatable bonds is 0. The Morgan fingerprint density at radius 3 is 2.30 bits per heavy atom. The minimum atomic E-state index is 0. The van der Waals surface area contributed by atoms with E-state index in [0.29, 0.717) is 5.54 Å². The topological polar surface area (TPSA) is 12.0 Å². The van der Waals surface area contributed by atoms with Gasteiger partial charge in [-0.15, -0.1) is 12.4 Å². The largest absolute Gasteiger partial charge is 0.309 e. The van der Waals surface area contributed by atoms with Crippen molar-refractivity contribution in [2.45, 2.75) is 51.6 Å². The first-order valence-corrected chi connectivity index (χ1v) is 3.88. The maximum Gasteiger partial charge on any atom is 0.0127 e. The molecule has 0 aromatic heterocycles. The molecule has 1 N–H and O–H groups in total. The molecule has 0 amide bonds. The van der Waals surface area contributed by atoms with Gasteiger partial charge < -0.3 is 5.32 Å². The Balaban J connectivity index is 0.000000810. The van der Waals surface area contributed by atoms with Crippen LogP contribution in [-0.4, -0.2) is 11.6 Å². The summed E-state index contributed by atoms with van der Waals surface area (Å²) in [7, 11) is 0. The smallest absolute Gasteiger partial charge is 0.0127 e. The molecular weight excluding hydrogens is 146 g/mol. The van der Waals surface area contributed by atoms with Gasteiger partial charge in [-0.2, -0.15) is 0 Å². The summed E-state index contributed by atoms with van der Waals surface area (Å²) in [6, 6.07) is 0.730. The van der Waals surface area contributed by atoms with E-state index in [9.17, 15) is 0 Å². The third-order valence-electron chi connectivity index (χ3n) is 2.08. The van der Waals surface area contributed by atoms with Crippen LogP contribution in [0.15, 0.2) is 0 Å². The molecule has 0 aromatic carbocycles. The summed E-state index contributed by atoms with van der Waals surface area (Å²) in [5.41, 5.74) is 0.400. The van der Waals surface area contributed by atoms with Crippen LogP contribution in [0.3, 0.4) is 0 Å². The molecule has 1 aliphatic rings. The first-order valence-electron chi connectivity index (χ1n) is 3.88. The lowest BCUT2D eigenvalue weighted by molar-refractivity contribution is 0.254. The number of hydrogen-bond donors (Lipinski definition) is 1. The average Bonchev–Trinajstić information content (AvgIpc) is 1.60. The highest BCUT2D eigenvalue weighted by Crippen LogP contribution is 2.20. The summed E-state index contributed by atoms with van der Waals surface area (Å²) in [6.07, 6.45) is 4.07. The van der Waals surface area contributed by atoms with E-state index in [2.05, 4.69) is 26.1 Å². The van der Waals surface area contributed by atoms with E-state index in [-0.39, 0.29) is 12.4 Å². The SMILES string of the molecule is CC1CCCC(C)(C)N1.Cl. The number of piperidine rings is 1. The first-order chi connectivity index (χ1) is 4.10. The first kappa shape index (κ1) is 10.2. The van der Waals surface area contributed by atoms with Gasteiger partial charge in [0.25, 0.3) is 0 Å². The minimum absolute atomic E-state index is 0. The van der Waals surface area contributed by atoms with Crippen molar-refractivity contribution >= 4 is 12.4 Å². The second-order valence-electron chi connectivity index (χ2n) is 3.82. The Morgan fingerprint density at radius 2 is 2.00 bits per heavy atom. The van der Waals surface area contributed by atoms with Gasteiger partial charge in [0, 0.05) is 11.6 Å². The van der Waals surface area contributed by atoms with Gasteiger partial charge in [0.2, 0.25) is 0 Å². The molecule has 1 rings (SSSR count).